The van der Waals surface area contributed by atoms with Crippen molar-refractivity contribution in [2.24, 2.45) is 0 Å². The van der Waals surface area contributed by atoms with Gasteiger partial charge in [0.2, 0.25) is 0 Å². The number of imide groups is 2. The second-order valence-electron chi connectivity index (χ2n) is 4.62. The molecule has 4 amide bonds. The molecule has 1 aliphatic heterocycles. The summed E-state index contributed by atoms with van der Waals surface area (Å²) in [5, 5.41) is 3.98. The van der Waals surface area contributed by atoms with Gasteiger partial charge < -0.3 is 14.2 Å². The molecule has 0 bridgehead atoms. The molecule has 0 saturated carbocycles. The number of hydrogen-bond donors (Lipinski definition) is 2. The van der Waals surface area contributed by atoms with E-state index in [1.165, 1.54) is 33.5 Å². The van der Waals surface area contributed by atoms with Gasteiger partial charge in [-0.3, -0.25) is 20.2 Å². The molecule has 1 heterocycles. The summed E-state index contributed by atoms with van der Waals surface area (Å²) in [6.45, 7) is 0. The minimum atomic E-state index is -0.843. The fourth-order valence-corrected chi connectivity index (χ4v) is 2.06. The number of hydrogen-bond acceptors (Lipinski definition) is 6. The molecule has 1 aliphatic rings. The number of carbonyl (C=O) groups excluding carboxylic acids is 3. The lowest BCUT2D eigenvalue weighted by atomic mass is 10.1. The first-order valence-corrected chi connectivity index (χ1v) is 6.85. The van der Waals surface area contributed by atoms with Gasteiger partial charge in [-0.15, -0.1) is 0 Å². The second-order valence-corrected chi connectivity index (χ2v) is 4.62. The van der Waals surface area contributed by atoms with Crippen molar-refractivity contribution >= 4 is 23.9 Å². The van der Waals surface area contributed by atoms with Crippen molar-refractivity contribution < 1.29 is 28.6 Å². The van der Waals surface area contributed by atoms with E-state index in [2.05, 4.69) is 0 Å². The third-order valence-electron chi connectivity index (χ3n) is 3.22. The van der Waals surface area contributed by atoms with Crippen molar-refractivity contribution in [3.05, 3.63) is 35.4 Å². The number of methoxy groups -OCH3 is 3. The highest BCUT2D eigenvalue weighted by Crippen LogP contribution is 2.35. The first-order chi connectivity index (χ1) is 11.5. The Labute approximate surface area is 138 Å². The molecule has 1 aromatic rings. The number of allylic oxidation sites excluding steroid dienone is 2. The van der Waals surface area contributed by atoms with Gasteiger partial charge in [-0.2, -0.15) is 0 Å². The summed E-state index contributed by atoms with van der Waals surface area (Å²) in [7, 11) is 4.52. The van der Waals surface area contributed by atoms with Crippen LogP contribution in [0.3, 0.4) is 0 Å². The lowest BCUT2D eigenvalue weighted by molar-refractivity contribution is -0.124. The third kappa shape index (κ3) is 3.54. The van der Waals surface area contributed by atoms with Gasteiger partial charge in [0, 0.05) is 12.1 Å². The predicted molar refractivity (Wildman–Crippen MR) is 84.9 cm³/mol. The van der Waals surface area contributed by atoms with Crippen LogP contribution >= 0.6 is 0 Å². The maximum atomic E-state index is 11.6. The van der Waals surface area contributed by atoms with Gasteiger partial charge in [0.25, 0.3) is 11.8 Å². The molecule has 8 heteroatoms. The Balaban J connectivity index is 2.35. The molecule has 2 rings (SSSR count). The first kappa shape index (κ1) is 17.1. The molecule has 0 radical (unpaired) electrons. The summed E-state index contributed by atoms with van der Waals surface area (Å²) in [4.78, 5) is 34.3. The molecular formula is C16H16N2O6. The van der Waals surface area contributed by atoms with Crippen molar-refractivity contribution in [3.8, 4) is 17.2 Å². The minimum absolute atomic E-state index is 0.183. The predicted octanol–water partition coefficient (Wildman–Crippen LogP) is 1.02. The van der Waals surface area contributed by atoms with E-state index >= 15 is 0 Å². The molecule has 1 aromatic carbocycles. The lowest BCUT2D eigenvalue weighted by Crippen LogP contribution is -2.51. The maximum absolute atomic E-state index is 11.6. The first-order valence-electron chi connectivity index (χ1n) is 6.85. The van der Waals surface area contributed by atoms with Crippen LogP contribution in [0.2, 0.25) is 0 Å². The topological polar surface area (TPSA) is 103 Å². The number of barbiturate groups is 1. The fraction of sp³-hybridized carbons (Fsp3) is 0.188. The summed E-state index contributed by atoms with van der Waals surface area (Å²) in [6.07, 6.45) is 4.39. The number of ether oxygens (including phenoxy) is 3. The Morgan fingerprint density at radius 2 is 1.42 bits per heavy atom. The van der Waals surface area contributed by atoms with E-state index in [0.717, 1.165) is 0 Å². The molecule has 126 valence electrons. The molecule has 1 saturated heterocycles. The second kappa shape index (κ2) is 7.32. The standard InChI is InChI=1S/C16H16N2O6/c1-22-9-7-12(23-2)10(13(8-9)24-3)5-4-6-11-14(19)17-16(21)18-15(11)20/h4-8H,1-3H3,(H2,17,18,19,20,21)/b5-4+. The quantitative estimate of drug-likeness (QED) is 0.616. The fourth-order valence-electron chi connectivity index (χ4n) is 2.06. The van der Waals surface area contributed by atoms with E-state index in [1.54, 1.807) is 18.2 Å². The zero-order valence-corrected chi connectivity index (χ0v) is 13.3. The van der Waals surface area contributed by atoms with Crippen LogP contribution in [0.25, 0.3) is 6.08 Å². The maximum Gasteiger partial charge on any atom is 0.328 e. The van der Waals surface area contributed by atoms with E-state index in [4.69, 9.17) is 14.2 Å². The molecular weight excluding hydrogens is 316 g/mol. The highest BCUT2D eigenvalue weighted by molar-refractivity contribution is 6.29. The van der Waals surface area contributed by atoms with Crippen LogP contribution in [0.1, 0.15) is 5.56 Å². The summed E-state index contributed by atoms with van der Waals surface area (Å²) in [6, 6.07) is 2.51. The molecule has 8 nitrogen and oxygen atoms in total. The van der Waals surface area contributed by atoms with Crippen LogP contribution in [-0.2, 0) is 9.59 Å². The van der Waals surface area contributed by atoms with E-state index in [1.807, 2.05) is 10.6 Å². The SMILES string of the molecule is COc1cc(OC)c(/C=C/C=C2C(=O)NC(=O)NC2=O)c(OC)c1. The summed E-state index contributed by atoms with van der Waals surface area (Å²) in [5.41, 5.74) is 0.419. The molecule has 0 spiro atoms. The Morgan fingerprint density at radius 1 is 0.875 bits per heavy atom. The molecule has 1 fully saturated rings. The molecule has 0 unspecified atom stereocenters. The Morgan fingerprint density at radius 3 is 1.88 bits per heavy atom. The van der Waals surface area contributed by atoms with Gasteiger partial charge in [0.15, 0.2) is 0 Å². The summed E-state index contributed by atoms with van der Waals surface area (Å²) >= 11 is 0. The Bertz CT molecular complexity index is 704. The van der Waals surface area contributed by atoms with Gasteiger partial charge in [-0.25, -0.2) is 4.79 Å². The van der Waals surface area contributed by atoms with E-state index in [9.17, 15) is 14.4 Å². The third-order valence-corrected chi connectivity index (χ3v) is 3.22. The van der Waals surface area contributed by atoms with E-state index in [0.29, 0.717) is 22.8 Å². The summed E-state index contributed by atoms with van der Waals surface area (Å²) < 4.78 is 15.7. The largest absolute Gasteiger partial charge is 0.496 e. The van der Waals surface area contributed by atoms with Crippen LogP contribution in [0.15, 0.2) is 29.9 Å². The van der Waals surface area contributed by atoms with Gasteiger partial charge in [-0.05, 0) is 12.2 Å². The van der Waals surface area contributed by atoms with Gasteiger partial charge in [-0.1, -0.05) is 6.08 Å². The average molecular weight is 332 g/mol. The lowest BCUT2D eigenvalue weighted by Gasteiger charge is -2.13. The number of benzene rings is 1. The molecule has 2 N–H and O–H groups in total. The highest BCUT2D eigenvalue weighted by atomic mass is 16.5. The van der Waals surface area contributed by atoms with Crippen molar-refractivity contribution in [2.45, 2.75) is 0 Å². The Hall–Kier alpha value is -3.29. The van der Waals surface area contributed by atoms with Crippen LogP contribution in [-0.4, -0.2) is 39.2 Å². The van der Waals surface area contributed by atoms with E-state index < -0.39 is 17.8 Å². The number of urea groups is 1. The highest BCUT2D eigenvalue weighted by Gasteiger charge is 2.26. The van der Waals surface area contributed by atoms with E-state index in [-0.39, 0.29) is 5.57 Å². The van der Waals surface area contributed by atoms with Crippen molar-refractivity contribution in [1.29, 1.82) is 0 Å². The smallest absolute Gasteiger partial charge is 0.328 e. The van der Waals surface area contributed by atoms with Crippen LogP contribution in [0.5, 0.6) is 17.2 Å². The zero-order chi connectivity index (χ0) is 17.7. The monoisotopic (exact) mass is 332 g/mol. The van der Waals surface area contributed by atoms with Gasteiger partial charge in [0.05, 0.1) is 26.9 Å². The van der Waals surface area contributed by atoms with Crippen LogP contribution in [0.4, 0.5) is 4.79 Å². The molecule has 0 aromatic heterocycles. The number of carbonyl (C=O) groups is 3. The Kier molecular flexibility index (Phi) is 5.20. The van der Waals surface area contributed by atoms with Crippen LogP contribution < -0.4 is 24.8 Å². The molecule has 24 heavy (non-hydrogen) atoms. The average Bonchev–Trinajstić information content (AvgIpc) is 2.56. The summed E-state index contributed by atoms with van der Waals surface area (Å²) in [5.74, 6) is 0.0232. The minimum Gasteiger partial charge on any atom is -0.496 e. The number of amides is 4. The van der Waals surface area contributed by atoms with Crippen molar-refractivity contribution in [2.75, 3.05) is 21.3 Å². The van der Waals surface area contributed by atoms with Crippen LogP contribution in [0, 0.1) is 0 Å². The number of nitrogens with one attached hydrogen (secondary N) is 2. The van der Waals surface area contributed by atoms with Crippen molar-refractivity contribution in [1.82, 2.24) is 10.6 Å². The van der Waals surface area contributed by atoms with Gasteiger partial charge in [0.1, 0.15) is 22.8 Å². The molecule has 0 aliphatic carbocycles. The molecule has 0 atom stereocenters. The zero-order valence-electron chi connectivity index (χ0n) is 13.3. The van der Waals surface area contributed by atoms with Gasteiger partial charge >= 0.3 is 6.03 Å². The normalized spacial score (nSPS) is 14.3. The van der Waals surface area contributed by atoms with Crippen molar-refractivity contribution in [3.63, 3.8) is 0 Å². The number of rotatable bonds is 5.